The van der Waals surface area contributed by atoms with Crippen molar-refractivity contribution in [2.75, 3.05) is 18.0 Å². The number of amides is 2. The molecule has 4 rings (SSSR count). The Balaban J connectivity index is 1.31. The van der Waals surface area contributed by atoms with E-state index in [0.29, 0.717) is 6.54 Å². The number of thiophene rings is 1. The largest absolute Gasteiger partial charge is 0.356 e. The zero-order valence-corrected chi connectivity index (χ0v) is 16.6. The van der Waals surface area contributed by atoms with Gasteiger partial charge in [-0.05, 0) is 56.9 Å². The first-order chi connectivity index (χ1) is 13.2. The third kappa shape index (κ3) is 4.40. The molecule has 1 saturated heterocycles. The molecule has 2 aliphatic rings. The van der Waals surface area contributed by atoms with E-state index < -0.39 is 0 Å². The average Bonchev–Trinajstić information content (AvgIpc) is 3.20. The molecule has 1 fully saturated rings. The van der Waals surface area contributed by atoms with Crippen molar-refractivity contribution in [1.82, 2.24) is 20.6 Å². The molecule has 144 valence electrons. The summed E-state index contributed by atoms with van der Waals surface area (Å²) in [6.07, 6.45) is 6.53. The van der Waals surface area contributed by atoms with Gasteiger partial charge in [0.25, 0.3) is 0 Å². The second-order valence-corrected chi connectivity index (χ2v) is 8.43. The van der Waals surface area contributed by atoms with Crippen molar-refractivity contribution < 1.29 is 4.79 Å². The van der Waals surface area contributed by atoms with Crippen LogP contribution in [0, 0.1) is 6.92 Å². The predicted octanol–water partition coefficient (Wildman–Crippen LogP) is 3.19. The van der Waals surface area contributed by atoms with Gasteiger partial charge in [-0.15, -0.1) is 11.3 Å². The molecule has 2 N–H and O–H groups in total. The minimum atomic E-state index is -0.0721. The van der Waals surface area contributed by atoms with Gasteiger partial charge >= 0.3 is 6.03 Å². The molecular weight excluding hydrogens is 358 g/mol. The summed E-state index contributed by atoms with van der Waals surface area (Å²) in [4.78, 5) is 25.1. The quantitative estimate of drug-likeness (QED) is 0.848. The van der Waals surface area contributed by atoms with Crippen molar-refractivity contribution in [3.8, 4) is 0 Å². The molecule has 1 aliphatic heterocycles. The highest BCUT2D eigenvalue weighted by molar-refractivity contribution is 7.09. The number of anilines is 1. The van der Waals surface area contributed by atoms with Crippen LogP contribution in [0.2, 0.25) is 0 Å². The molecule has 0 radical (unpaired) electrons. The first kappa shape index (κ1) is 18.2. The number of urea groups is 1. The second kappa shape index (κ2) is 8.25. The highest BCUT2D eigenvalue weighted by atomic mass is 32.1. The Labute approximate surface area is 164 Å². The van der Waals surface area contributed by atoms with Crippen molar-refractivity contribution in [1.29, 1.82) is 0 Å². The van der Waals surface area contributed by atoms with E-state index >= 15 is 0 Å². The molecule has 2 aromatic heterocycles. The molecule has 0 bridgehead atoms. The first-order valence-electron chi connectivity index (χ1n) is 9.87. The smallest absolute Gasteiger partial charge is 0.315 e. The van der Waals surface area contributed by atoms with E-state index in [-0.39, 0.29) is 12.1 Å². The van der Waals surface area contributed by atoms with Crippen LogP contribution in [-0.2, 0) is 19.4 Å². The predicted molar refractivity (Wildman–Crippen MR) is 108 cm³/mol. The highest BCUT2D eigenvalue weighted by Crippen LogP contribution is 2.29. The van der Waals surface area contributed by atoms with Crippen LogP contribution in [0.25, 0.3) is 0 Å². The third-order valence-corrected chi connectivity index (χ3v) is 6.28. The summed E-state index contributed by atoms with van der Waals surface area (Å²) in [5.41, 5.74) is 2.60. The van der Waals surface area contributed by atoms with Crippen LogP contribution in [0.4, 0.5) is 10.6 Å². The number of hydrogen-bond donors (Lipinski definition) is 2. The van der Waals surface area contributed by atoms with Crippen LogP contribution in [0.1, 0.15) is 47.6 Å². The molecule has 7 heteroatoms. The standard InChI is InChI=1S/C20H27N5OS/c1-14-22-18-7-3-2-6-17(18)19(23-14)25-10-8-15(9-11-25)24-20(26)21-13-16-5-4-12-27-16/h4-5,12,15H,2-3,6-11,13H2,1H3,(H2,21,24,26). The van der Waals surface area contributed by atoms with Gasteiger partial charge in [0.2, 0.25) is 0 Å². The summed E-state index contributed by atoms with van der Waals surface area (Å²) in [5.74, 6) is 2.01. The Bertz CT molecular complexity index is 784. The zero-order chi connectivity index (χ0) is 18.6. The Morgan fingerprint density at radius 1 is 1.26 bits per heavy atom. The van der Waals surface area contributed by atoms with Gasteiger partial charge in [0.15, 0.2) is 0 Å². The van der Waals surface area contributed by atoms with Crippen LogP contribution < -0.4 is 15.5 Å². The van der Waals surface area contributed by atoms with E-state index in [4.69, 9.17) is 4.98 Å². The summed E-state index contributed by atoms with van der Waals surface area (Å²) >= 11 is 1.66. The van der Waals surface area contributed by atoms with E-state index in [1.165, 1.54) is 29.0 Å². The summed E-state index contributed by atoms with van der Waals surface area (Å²) in [6.45, 7) is 4.44. The summed E-state index contributed by atoms with van der Waals surface area (Å²) in [7, 11) is 0. The SMILES string of the molecule is Cc1nc2c(c(N3CCC(NC(=O)NCc4cccs4)CC3)n1)CCCC2. The number of piperidine rings is 1. The van der Waals surface area contributed by atoms with E-state index in [9.17, 15) is 4.79 Å². The molecule has 0 spiro atoms. The highest BCUT2D eigenvalue weighted by Gasteiger charge is 2.25. The van der Waals surface area contributed by atoms with Gasteiger partial charge in [-0.2, -0.15) is 0 Å². The summed E-state index contributed by atoms with van der Waals surface area (Å²) in [5, 5.41) is 8.10. The molecule has 1 aliphatic carbocycles. The lowest BCUT2D eigenvalue weighted by Crippen LogP contribution is -2.48. The molecule has 0 saturated carbocycles. The number of aromatic nitrogens is 2. The minimum absolute atomic E-state index is 0.0721. The topological polar surface area (TPSA) is 70.2 Å². The fourth-order valence-electron chi connectivity index (χ4n) is 4.01. The van der Waals surface area contributed by atoms with Crippen LogP contribution in [0.15, 0.2) is 17.5 Å². The maximum Gasteiger partial charge on any atom is 0.315 e. The lowest BCUT2D eigenvalue weighted by Gasteiger charge is -2.35. The number of hydrogen-bond acceptors (Lipinski definition) is 5. The minimum Gasteiger partial charge on any atom is -0.356 e. The van der Waals surface area contributed by atoms with E-state index in [1.807, 2.05) is 24.4 Å². The monoisotopic (exact) mass is 385 g/mol. The Kier molecular flexibility index (Phi) is 5.57. The molecule has 6 nitrogen and oxygen atoms in total. The lowest BCUT2D eigenvalue weighted by molar-refractivity contribution is 0.234. The van der Waals surface area contributed by atoms with E-state index in [2.05, 4.69) is 20.5 Å². The van der Waals surface area contributed by atoms with Crippen molar-refractivity contribution in [3.63, 3.8) is 0 Å². The molecule has 3 heterocycles. The molecule has 0 aromatic carbocycles. The van der Waals surface area contributed by atoms with E-state index in [0.717, 1.165) is 50.4 Å². The first-order valence-corrected chi connectivity index (χ1v) is 10.7. The molecular formula is C20H27N5OS. The second-order valence-electron chi connectivity index (χ2n) is 7.39. The van der Waals surface area contributed by atoms with Crippen molar-refractivity contribution in [2.24, 2.45) is 0 Å². The average molecular weight is 386 g/mol. The molecule has 0 unspecified atom stereocenters. The van der Waals surface area contributed by atoms with Crippen LogP contribution in [0.3, 0.4) is 0 Å². The van der Waals surface area contributed by atoms with Crippen molar-refractivity contribution in [2.45, 2.75) is 58.0 Å². The Morgan fingerprint density at radius 3 is 2.85 bits per heavy atom. The summed E-state index contributed by atoms with van der Waals surface area (Å²) < 4.78 is 0. The van der Waals surface area contributed by atoms with E-state index in [1.54, 1.807) is 11.3 Å². The number of aryl methyl sites for hydroxylation is 2. The third-order valence-electron chi connectivity index (χ3n) is 5.41. The number of nitrogens with one attached hydrogen (secondary N) is 2. The molecule has 0 atom stereocenters. The van der Waals surface area contributed by atoms with Crippen molar-refractivity contribution >= 4 is 23.2 Å². The Hall–Kier alpha value is -2.15. The maximum absolute atomic E-state index is 12.1. The maximum atomic E-state index is 12.1. The summed E-state index contributed by atoms with van der Waals surface area (Å²) in [6, 6.07) is 4.19. The Morgan fingerprint density at radius 2 is 2.07 bits per heavy atom. The van der Waals surface area contributed by atoms with Crippen LogP contribution >= 0.6 is 11.3 Å². The number of carbonyl (C=O) groups excluding carboxylic acids is 1. The normalized spacial score (nSPS) is 17.4. The van der Waals surface area contributed by atoms with Gasteiger partial charge in [0, 0.05) is 35.3 Å². The zero-order valence-electron chi connectivity index (χ0n) is 15.8. The van der Waals surface area contributed by atoms with Gasteiger partial charge in [-0.25, -0.2) is 14.8 Å². The van der Waals surface area contributed by atoms with Gasteiger partial charge in [0.05, 0.1) is 6.54 Å². The van der Waals surface area contributed by atoms with Crippen LogP contribution in [-0.4, -0.2) is 35.1 Å². The number of nitrogens with zero attached hydrogens (tertiary/aromatic N) is 3. The van der Waals surface area contributed by atoms with Gasteiger partial charge < -0.3 is 15.5 Å². The number of rotatable bonds is 4. The molecule has 2 aromatic rings. The van der Waals surface area contributed by atoms with Gasteiger partial charge in [-0.1, -0.05) is 6.07 Å². The number of fused-ring (bicyclic) bond motifs is 1. The fourth-order valence-corrected chi connectivity index (χ4v) is 4.65. The lowest BCUT2D eigenvalue weighted by atomic mass is 9.95. The van der Waals surface area contributed by atoms with Crippen molar-refractivity contribution in [3.05, 3.63) is 39.5 Å². The number of carbonyl (C=O) groups is 1. The fraction of sp³-hybridized carbons (Fsp3) is 0.550. The van der Waals surface area contributed by atoms with Gasteiger partial charge in [-0.3, -0.25) is 0 Å². The van der Waals surface area contributed by atoms with Gasteiger partial charge in [0.1, 0.15) is 11.6 Å². The molecule has 2 amide bonds. The molecule has 27 heavy (non-hydrogen) atoms. The van der Waals surface area contributed by atoms with Crippen LogP contribution in [0.5, 0.6) is 0 Å².